The average Bonchev–Trinajstić information content (AvgIpc) is 3.06. The summed E-state index contributed by atoms with van der Waals surface area (Å²) in [5, 5.41) is 2.93. The molecular formula is C23H26N2O2. The van der Waals surface area contributed by atoms with Gasteiger partial charge in [0.1, 0.15) is 0 Å². The molecule has 1 aliphatic rings. The van der Waals surface area contributed by atoms with Gasteiger partial charge in [-0.05, 0) is 40.3 Å². The van der Waals surface area contributed by atoms with Crippen molar-refractivity contribution in [2.45, 2.75) is 46.2 Å². The fourth-order valence-electron chi connectivity index (χ4n) is 3.20. The Kier molecular flexibility index (Phi) is 5.75. The minimum atomic E-state index is -0.0496. The number of hydrogen-bond donors (Lipinski definition) is 1. The third-order valence-corrected chi connectivity index (χ3v) is 4.87. The van der Waals surface area contributed by atoms with E-state index in [-0.39, 0.29) is 11.8 Å². The topological polar surface area (TPSA) is 49.4 Å². The molecule has 0 saturated carbocycles. The van der Waals surface area contributed by atoms with Gasteiger partial charge in [0.25, 0.3) is 0 Å². The molecule has 1 N–H and O–H groups in total. The number of amides is 2. The normalized spacial score (nSPS) is 13.3. The van der Waals surface area contributed by atoms with Crippen molar-refractivity contribution in [3.05, 3.63) is 70.8 Å². The molecule has 4 heteroatoms. The first-order valence-corrected chi connectivity index (χ1v) is 9.36. The lowest BCUT2D eigenvalue weighted by Crippen LogP contribution is -2.21. The molecule has 2 aromatic carbocycles. The lowest BCUT2D eigenvalue weighted by molar-refractivity contribution is -0.129. The first-order valence-electron chi connectivity index (χ1n) is 9.36. The van der Waals surface area contributed by atoms with Crippen LogP contribution in [0.5, 0.6) is 0 Å². The molecule has 0 fully saturated rings. The summed E-state index contributed by atoms with van der Waals surface area (Å²) in [6.07, 6.45) is 4.17. The van der Waals surface area contributed by atoms with Crippen LogP contribution in [-0.4, -0.2) is 16.7 Å². The number of carbonyl (C=O) groups excluding carboxylic acids is 2. The number of benzene rings is 2. The molecule has 0 unspecified atom stereocenters. The largest absolute Gasteiger partial charge is 0.334 e. The summed E-state index contributed by atoms with van der Waals surface area (Å²) in [4.78, 5) is 25.5. The van der Waals surface area contributed by atoms with E-state index in [1.807, 2.05) is 30.4 Å². The van der Waals surface area contributed by atoms with E-state index in [9.17, 15) is 9.59 Å². The predicted molar refractivity (Wildman–Crippen MR) is 109 cm³/mol. The molecule has 0 bridgehead atoms. The summed E-state index contributed by atoms with van der Waals surface area (Å²) in [6.45, 7) is 7.19. The van der Waals surface area contributed by atoms with E-state index >= 15 is 0 Å². The van der Waals surface area contributed by atoms with Crippen molar-refractivity contribution in [2.24, 2.45) is 0 Å². The Labute approximate surface area is 160 Å². The summed E-state index contributed by atoms with van der Waals surface area (Å²) in [5.74, 6) is 0.540. The Hall–Kier alpha value is -2.88. The third kappa shape index (κ3) is 4.85. The monoisotopic (exact) mass is 362 g/mol. The van der Waals surface area contributed by atoms with Crippen LogP contribution in [0.3, 0.4) is 0 Å². The second kappa shape index (κ2) is 8.21. The molecule has 27 heavy (non-hydrogen) atoms. The van der Waals surface area contributed by atoms with Crippen LogP contribution in [0.25, 0.3) is 6.08 Å². The molecule has 2 amide bonds. The van der Waals surface area contributed by atoms with E-state index in [0.29, 0.717) is 25.4 Å². The van der Waals surface area contributed by atoms with Crippen LogP contribution in [0.15, 0.2) is 48.5 Å². The van der Waals surface area contributed by atoms with Crippen molar-refractivity contribution in [3.8, 4) is 0 Å². The smallest absolute Gasteiger partial charge is 0.228 e. The van der Waals surface area contributed by atoms with Crippen LogP contribution in [0.4, 0.5) is 5.69 Å². The predicted octanol–water partition coefficient (Wildman–Crippen LogP) is 4.71. The highest BCUT2D eigenvalue weighted by atomic mass is 16.2. The number of fused-ring (bicyclic) bond motifs is 1. The summed E-state index contributed by atoms with van der Waals surface area (Å²) >= 11 is 0. The van der Waals surface area contributed by atoms with E-state index < -0.39 is 0 Å². The Morgan fingerprint density at radius 2 is 1.78 bits per heavy atom. The molecule has 1 heterocycles. The highest BCUT2D eigenvalue weighted by Crippen LogP contribution is 2.25. The standard InChI is InChI=1S/C23H26N2O2/c1-16(2)19-9-7-18(8-10-19)5-4-6-23(27)24-22-12-11-20-14-25(17(3)26)15-21(20)13-22/h4-5,7-13,16H,6,14-15H2,1-3H3,(H,24,27)/b5-4+. The molecule has 2 aromatic rings. The van der Waals surface area contributed by atoms with Gasteiger partial charge in [0.2, 0.25) is 11.8 Å². The molecule has 0 aliphatic carbocycles. The summed E-state index contributed by atoms with van der Waals surface area (Å²) in [6, 6.07) is 14.2. The molecule has 0 atom stereocenters. The number of rotatable bonds is 5. The minimum absolute atomic E-state index is 0.0496. The van der Waals surface area contributed by atoms with E-state index in [1.54, 1.807) is 11.8 Å². The first-order chi connectivity index (χ1) is 12.9. The van der Waals surface area contributed by atoms with Crippen LogP contribution in [0, 0.1) is 0 Å². The second-order valence-corrected chi connectivity index (χ2v) is 7.33. The summed E-state index contributed by atoms with van der Waals surface area (Å²) < 4.78 is 0. The van der Waals surface area contributed by atoms with Crippen LogP contribution in [0.2, 0.25) is 0 Å². The fraction of sp³-hybridized carbons (Fsp3) is 0.304. The molecule has 0 aromatic heterocycles. The lowest BCUT2D eigenvalue weighted by atomic mass is 10.0. The van der Waals surface area contributed by atoms with E-state index in [0.717, 1.165) is 22.4 Å². The van der Waals surface area contributed by atoms with Crippen LogP contribution in [-0.2, 0) is 22.7 Å². The Bertz CT molecular complexity index is 866. The Morgan fingerprint density at radius 1 is 1.07 bits per heavy atom. The number of carbonyl (C=O) groups is 2. The molecule has 3 rings (SSSR count). The van der Waals surface area contributed by atoms with Gasteiger partial charge in [0.05, 0.1) is 0 Å². The zero-order chi connectivity index (χ0) is 19.4. The number of anilines is 1. The van der Waals surface area contributed by atoms with E-state index in [1.165, 1.54) is 5.56 Å². The quantitative estimate of drug-likeness (QED) is 0.837. The minimum Gasteiger partial charge on any atom is -0.334 e. The van der Waals surface area contributed by atoms with E-state index in [4.69, 9.17) is 0 Å². The molecule has 0 radical (unpaired) electrons. The molecule has 4 nitrogen and oxygen atoms in total. The van der Waals surface area contributed by atoms with Crippen LogP contribution < -0.4 is 5.32 Å². The second-order valence-electron chi connectivity index (χ2n) is 7.33. The van der Waals surface area contributed by atoms with Crippen LogP contribution >= 0.6 is 0 Å². The molecule has 0 spiro atoms. The molecule has 0 saturated heterocycles. The highest BCUT2D eigenvalue weighted by Gasteiger charge is 2.20. The van der Waals surface area contributed by atoms with Crippen molar-refractivity contribution in [3.63, 3.8) is 0 Å². The van der Waals surface area contributed by atoms with Gasteiger partial charge in [0, 0.05) is 32.1 Å². The third-order valence-electron chi connectivity index (χ3n) is 4.87. The summed E-state index contributed by atoms with van der Waals surface area (Å²) in [7, 11) is 0. The number of nitrogens with one attached hydrogen (secondary N) is 1. The van der Waals surface area contributed by atoms with Gasteiger partial charge in [-0.3, -0.25) is 9.59 Å². The van der Waals surface area contributed by atoms with Crippen molar-refractivity contribution in [1.82, 2.24) is 4.90 Å². The fourth-order valence-corrected chi connectivity index (χ4v) is 3.20. The van der Waals surface area contributed by atoms with Crippen molar-refractivity contribution in [2.75, 3.05) is 5.32 Å². The van der Waals surface area contributed by atoms with Gasteiger partial charge in [-0.25, -0.2) is 0 Å². The average molecular weight is 362 g/mol. The van der Waals surface area contributed by atoms with Crippen molar-refractivity contribution >= 4 is 23.6 Å². The number of nitrogens with zero attached hydrogens (tertiary/aromatic N) is 1. The number of hydrogen-bond acceptors (Lipinski definition) is 2. The zero-order valence-corrected chi connectivity index (χ0v) is 16.2. The van der Waals surface area contributed by atoms with Gasteiger partial charge in [-0.15, -0.1) is 0 Å². The molecule has 140 valence electrons. The maximum atomic E-state index is 12.2. The Morgan fingerprint density at radius 3 is 2.44 bits per heavy atom. The highest BCUT2D eigenvalue weighted by molar-refractivity contribution is 5.92. The maximum absolute atomic E-state index is 12.2. The van der Waals surface area contributed by atoms with Gasteiger partial charge in [-0.2, -0.15) is 0 Å². The van der Waals surface area contributed by atoms with Gasteiger partial charge >= 0.3 is 0 Å². The molecular weight excluding hydrogens is 336 g/mol. The van der Waals surface area contributed by atoms with Crippen molar-refractivity contribution in [1.29, 1.82) is 0 Å². The van der Waals surface area contributed by atoms with Gasteiger partial charge in [-0.1, -0.05) is 56.3 Å². The maximum Gasteiger partial charge on any atom is 0.228 e. The molecule has 1 aliphatic heterocycles. The first kappa shape index (κ1) is 18.9. The Balaban J connectivity index is 1.54. The van der Waals surface area contributed by atoms with Gasteiger partial charge < -0.3 is 10.2 Å². The van der Waals surface area contributed by atoms with Crippen molar-refractivity contribution < 1.29 is 9.59 Å². The SMILES string of the molecule is CC(=O)N1Cc2ccc(NC(=O)C/C=C/c3ccc(C(C)C)cc3)cc2C1. The summed E-state index contributed by atoms with van der Waals surface area (Å²) in [5.41, 5.74) is 5.43. The zero-order valence-electron chi connectivity index (χ0n) is 16.2. The van der Waals surface area contributed by atoms with Crippen LogP contribution in [0.1, 0.15) is 55.4 Å². The van der Waals surface area contributed by atoms with Gasteiger partial charge in [0.15, 0.2) is 0 Å². The lowest BCUT2D eigenvalue weighted by Gasteiger charge is -2.11. The van der Waals surface area contributed by atoms with E-state index in [2.05, 4.69) is 43.4 Å².